The third kappa shape index (κ3) is 4.34. The quantitative estimate of drug-likeness (QED) is 0.857. The van der Waals surface area contributed by atoms with Crippen LogP contribution in [0.15, 0.2) is 6.07 Å². The Balaban J connectivity index is 1.93. The van der Waals surface area contributed by atoms with Crippen LogP contribution in [0.3, 0.4) is 0 Å². The Morgan fingerprint density at radius 3 is 2.59 bits per heavy atom. The maximum absolute atomic E-state index is 12.7. The van der Waals surface area contributed by atoms with Gasteiger partial charge in [-0.15, -0.1) is 0 Å². The van der Waals surface area contributed by atoms with Crippen molar-refractivity contribution in [1.29, 1.82) is 0 Å². The van der Waals surface area contributed by atoms with Gasteiger partial charge in [0.1, 0.15) is 11.4 Å². The van der Waals surface area contributed by atoms with Crippen molar-refractivity contribution in [3.8, 4) is 0 Å². The van der Waals surface area contributed by atoms with Crippen molar-refractivity contribution in [3.05, 3.63) is 22.9 Å². The molecule has 0 atom stereocenters. The zero-order valence-corrected chi connectivity index (χ0v) is 17.1. The lowest BCUT2D eigenvalue weighted by Gasteiger charge is -2.28. The van der Waals surface area contributed by atoms with Crippen molar-refractivity contribution < 1.29 is 14.3 Å². The highest BCUT2D eigenvalue weighted by Crippen LogP contribution is 2.32. The average molecular weight is 374 g/mol. The predicted molar refractivity (Wildman–Crippen MR) is 104 cm³/mol. The van der Waals surface area contributed by atoms with E-state index in [4.69, 9.17) is 9.72 Å². The highest BCUT2D eigenvalue weighted by molar-refractivity contribution is 5.99. The van der Waals surface area contributed by atoms with Gasteiger partial charge in [-0.25, -0.2) is 9.78 Å². The van der Waals surface area contributed by atoms with Gasteiger partial charge in [-0.2, -0.15) is 0 Å². The molecule has 0 spiro atoms. The van der Waals surface area contributed by atoms with Gasteiger partial charge in [0, 0.05) is 36.8 Å². The van der Waals surface area contributed by atoms with E-state index in [-0.39, 0.29) is 24.1 Å². The van der Waals surface area contributed by atoms with Gasteiger partial charge in [0.2, 0.25) is 0 Å². The molecule has 0 radical (unpaired) electrons. The first-order valence-electron chi connectivity index (χ1n) is 9.60. The molecular formula is C20H30N4O3. The van der Waals surface area contributed by atoms with Gasteiger partial charge in [0.05, 0.1) is 12.2 Å². The first kappa shape index (κ1) is 19.5. The van der Waals surface area contributed by atoms with Crippen LogP contribution in [0.5, 0.6) is 0 Å². The largest absolute Gasteiger partial charge is 0.444 e. The van der Waals surface area contributed by atoms with Gasteiger partial charge in [-0.1, -0.05) is 0 Å². The number of rotatable bonds is 5. The van der Waals surface area contributed by atoms with E-state index >= 15 is 0 Å². The summed E-state index contributed by atoms with van der Waals surface area (Å²) < 4.78 is 5.60. The Kier molecular flexibility index (Phi) is 5.06. The zero-order valence-electron chi connectivity index (χ0n) is 17.1. The molecular weight excluding hydrogens is 344 g/mol. The molecule has 1 aliphatic heterocycles. The molecule has 1 N–H and O–H groups in total. The van der Waals surface area contributed by atoms with Gasteiger partial charge in [-0.3, -0.25) is 9.69 Å². The van der Waals surface area contributed by atoms with Crippen molar-refractivity contribution in [2.75, 3.05) is 11.9 Å². The number of carbonyl (C=O) groups excluding carboxylic acids is 2. The second kappa shape index (κ2) is 7.02. The third-order valence-electron chi connectivity index (χ3n) is 4.94. The van der Waals surface area contributed by atoms with Crippen molar-refractivity contribution >= 4 is 17.8 Å². The van der Waals surface area contributed by atoms with Crippen molar-refractivity contribution in [1.82, 2.24) is 15.2 Å². The molecule has 1 saturated carbocycles. The number of pyridine rings is 1. The Labute approximate surface area is 161 Å². The molecule has 1 aromatic heterocycles. The number of fused-ring (bicyclic) bond motifs is 1. The summed E-state index contributed by atoms with van der Waals surface area (Å²) >= 11 is 0. The highest BCUT2D eigenvalue weighted by Gasteiger charge is 2.37. The number of hydrogen-bond donors (Lipinski definition) is 1. The van der Waals surface area contributed by atoms with Crippen LogP contribution in [0.25, 0.3) is 0 Å². The van der Waals surface area contributed by atoms with Crippen molar-refractivity contribution in [2.45, 2.75) is 78.2 Å². The fourth-order valence-corrected chi connectivity index (χ4v) is 3.06. The van der Waals surface area contributed by atoms with Gasteiger partial charge in [-0.05, 0) is 53.5 Å². The van der Waals surface area contributed by atoms with Crippen molar-refractivity contribution in [2.24, 2.45) is 0 Å². The minimum absolute atomic E-state index is 0.0812. The van der Waals surface area contributed by atoms with E-state index in [9.17, 15) is 9.59 Å². The van der Waals surface area contributed by atoms with Crippen LogP contribution in [-0.4, -0.2) is 46.6 Å². The van der Waals surface area contributed by atoms with E-state index in [0.29, 0.717) is 18.7 Å². The van der Waals surface area contributed by atoms with Crippen LogP contribution in [0.1, 0.15) is 69.1 Å². The molecule has 1 fully saturated rings. The summed E-state index contributed by atoms with van der Waals surface area (Å²) in [6, 6.07) is 2.28. The van der Waals surface area contributed by atoms with E-state index in [1.165, 1.54) is 0 Å². The molecule has 0 aromatic carbocycles. The minimum Gasteiger partial charge on any atom is -0.444 e. The summed E-state index contributed by atoms with van der Waals surface area (Å²) in [4.78, 5) is 33.6. The first-order valence-corrected chi connectivity index (χ1v) is 9.60. The Bertz CT molecular complexity index is 750. The number of amides is 2. The highest BCUT2D eigenvalue weighted by atomic mass is 16.6. The molecule has 148 valence electrons. The molecule has 27 heavy (non-hydrogen) atoms. The molecule has 3 rings (SSSR count). The lowest BCUT2D eigenvalue weighted by atomic mass is 10.1. The molecule has 0 unspecified atom stereocenters. The van der Waals surface area contributed by atoms with Gasteiger partial charge in [0.25, 0.3) is 5.91 Å². The van der Waals surface area contributed by atoms with Crippen LogP contribution in [0, 0.1) is 0 Å². The Hall–Kier alpha value is -2.31. The van der Waals surface area contributed by atoms with Crippen LogP contribution in [0.2, 0.25) is 0 Å². The maximum atomic E-state index is 12.7. The SMILES string of the molecule is CC(C)N(C)c1cc2c(c(CN(C(=O)OC(C)(C)C)C3CC3)n1)CNC2=O. The van der Waals surface area contributed by atoms with E-state index in [1.807, 2.05) is 38.8 Å². The predicted octanol–water partition coefficient (Wildman–Crippen LogP) is 3.07. The van der Waals surface area contributed by atoms with Gasteiger partial charge in [0.15, 0.2) is 0 Å². The fraction of sp³-hybridized carbons (Fsp3) is 0.650. The first-order chi connectivity index (χ1) is 12.6. The Morgan fingerprint density at radius 1 is 1.37 bits per heavy atom. The summed E-state index contributed by atoms with van der Waals surface area (Å²) in [5, 5.41) is 2.87. The molecule has 2 heterocycles. The maximum Gasteiger partial charge on any atom is 0.410 e. The number of anilines is 1. The van der Waals surface area contributed by atoms with Crippen LogP contribution in [-0.2, 0) is 17.8 Å². The second-order valence-corrected chi connectivity index (χ2v) is 8.68. The summed E-state index contributed by atoms with van der Waals surface area (Å²) in [5.41, 5.74) is 1.76. The standard InChI is InChI=1S/C20H30N4O3/c1-12(2)23(6)17-9-14-15(10-21-18(14)25)16(22-17)11-24(13-7-8-13)19(26)27-20(3,4)5/h9,12-13H,7-8,10-11H2,1-6H3,(H,21,25). The number of ether oxygens (including phenoxy) is 1. The fourth-order valence-electron chi connectivity index (χ4n) is 3.06. The molecule has 2 amide bonds. The monoisotopic (exact) mass is 374 g/mol. The van der Waals surface area contributed by atoms with Crippen LogP contribution >= 0.6 is 0 Å². The van der Waals surface area contributed by atoms with Gasteiger partial charge < -0.3 is 15.0 Å². The molecule has 0 saturated heterocycles. The van der Waals surface area contributed by atoms with E-state index in [2.05, 4.69) is 19.2 Å². The number of nitrogens with zero attached hydrogens (tertiary/aromatic N) is 3. The van der Waals surface area contributed by atoms with E-state index in [0.717, 1.165) is 29.9 Å². The summed E-state index contributed by atoms with van der Waals surface area (Å²) in [6.45, 7) is 10.6. The van der Waals surface area contributed by atoms with Crippen LogP contribution in [0.4, 0.5) is 10.6 Å². The number of nitrogens with one attached hydrogen (secondary N) is 1. The smallest absolute Gasteiger partial charge is 0.410 e. The number of hydrogen-bond acceptors (Lipinski definition) is 5. The normalized spacial score (nSPS) is 16.2. The summed E-state index contributed by atoms with van der Waals surface area (Å²) in [5.74, 6) is 0.665. The third-order valence-corrected chi connectivity index (χ3v) is 4.94. The molecule has 1 aromatic rings. The van der Waals surface area contributed by atoms with Gasteiger partial charge >= 0.3 is 6.09 Å². The second-order valence-electron chi connectivity index (χ2n) is 8.68. The average Bonchev–Trinajstić information content (AvgIpc) is 3.33. The molecule has 7 nitrogen and oxygen atoms in total. The van der Waals surface area contributed by atoms with Crippen molar-refractivity contribution in [3.63, 3.8) is 0 Å². The lowest BCUT2D eigenvalue weighted by Crippen LogP contribution is -2.38. The lowest BCUT2D eigenvalue weighted by molar-refractivity contribution is 0.0214. The Morgan fingerprint density at radius 2 is 2.04 bits per heavy atom. The number of carbonyl (C=O) groups is 2. The van der Waals surface area contributed by atoms with E-state index < -0.39 is 5.60 Å². The van der Waals surface area contributed by atoms with Crippen LogP contribution < -0.4 is 10.2 Å². The zero-order chi connectivity index (χ0) is 19.9. The summed E-state index contributed by atoms with van der Waals surface area (Å²) in [7, 11) is 1.96. The molecule has 7 heteroatoms. The minimum atomic E-state index is -0.545. The number of aromatic nitrogens is 1. The molecule has 2 aliphatic rings. The van der Waals surface area contributed by atoms with E-state index in [1.54, 1.807) is 4.90 Å². The molecule has 1 aliphatic carbocycles. The topological polar surface area (TPSA) is 74.8 Å². The molecule has 0 bridgehead atoms. The summed E-state index contributed by atoms with van der Waals surface area (Å²) in [6.07, 6.45) is 1.63.